The number of hydrogen-bond donors (Lipinski definition) is 3. The average molecular weight is 326 g/mol. The fourth-order valence-electron chi connectivity index (χ4n) is 1.62. The smallest absolute Gasteiger partial charge is 0.273 e. The number of nitrogens with two attached hydrogens (primary N) is 1. The first-order valence-electron chi connectivity index (χ1n) is 5.92. The van der Waals surface area contributed by atoms with E-state index >= 15 is 0 Å². The van der Waals surface area contributed by atoms with Crippen molar-refractivity contribution in [3.05, 3.63) is 30.0 Å². The fourth-order valence-corrected chi connectivity index (χ4v) is 4.17. The van der Waals surface area contributed by atoms with Crippen LogP contribution in [0.25, 0.3) is 0 Å². The normalized spacial score (nSPS) is 11.1. The largest absolute Gasteiger partial charge is 0.397 e. The molecule has 0 aliphatic rings. The number of hydrogen-bond acceptors (Lipinski definition) is 6. The Bertz CT molecular complexity index is 784. The molecule has 1 aromatic heterocycles. The van der Waals surface area contributed by atoms with Crippen LogP contribution in [0.4, 0.5) is 16.5 Å². The number of nitrogen functional groups attached to an aromatic ring is 1. The predicted octanol–water partition coefficient (Wildman–Crippen LogP) is 1.79. The number of carbonyl (C=O) groups excluding carboxylic acids is 1. The molecule has 0 saturated heterocycles. The Labute approximate surface area is 126 Å². The van der Waals surface area contributed by atoms with Gasteiger partial charge >= 0.3 is 0 Å². The highest BCUT2D eigenvalue weighted by Gasteiger charge is 2.23. The number of nitrogens with one attached hydrogen (secondary N) is 2. The van der Waals surface area contributed by atoms with Crippen molar-refractivity contribution in [2.24, 2.45) is 0 Å². The van der Waals surface area contributed by atoms with E-state index in [1.165, 1.54) is 6.92 Å². The number of anilines is 3. The number of thiazole rings is 1. The SMILES string of the molecule is CC(=O)Nc1nc(C)c(S(=O)(=O)Nc2ccccc2N)s1. The topological polar surface area (TPSA) is 114 Å². The van der Waals surface area contributed by atoms with Crippen molar-refractivity contribution in [1.29, 1.82) is 0 Å². The number of aryl methyl sites for hydroxylation is 1. The summed E-state index contributed by atoms with van der Waals surface area (Å²) in [5.74, 6) is -0.312. The lowest BCUT2D eigenvalue weighted by Gasteiger charge is -2.08. The molecule has 1 aromatic carbocycles. The van der Waals surface area contributed by atoms with E-state index in [1.807, 2.05) is 0 Å². The first-order chi connectivity index (χ1) is 9.79. The lowest BCUT2D eigenvalue weighted by atomic mass is 10.3. The second kappa shape index (κ2) is 5.70. The first-order valence-corrected chi connectivity index (χ1v) is 8.22. The van der Waals surface area contributed by atoms with Crippen molar-refractivity contribution in [2.45, 2.75) is 18.1 Å². The zero-order valence-electron chi connectivity index (χ0n) is 11.4. The Morgan fingerprint density at radius 3 is 2.62 bits per heavy atom. The molecule has 1 amide bonds. The third-order valence-electron chi connectivity index (χ3n) is 2.49. The molecular weight excluding hydrogens is 312 g/mol. The van der Waals surface area contributed by atoms with Crippen molar-refractivity contribution in [1.82, 2.24) is 4.98 Å². The molecule has 4 N–H and O–H groups in total. The molecule has 2 rings (SSSR count). The van der Waals surface area contributed by atoms with E-state index < -0.39 is 10.0 Å². The Morgan fingerprint density at radius 1 is 1.33 bits per heavy atom. The molecule has 112 valence electrons. The standard InChI is InChI=1S/C12H14N4O3S2/c1-7-11(20-12(14-7)15-8(2)17)21(18,19)16-10-6-4-3-5-9(10)13/h3-6,16H,13H2,1-2H3,(H,14,15,17). The summed E-state index contributed by atoms with van der Waals surface area (Å²) in [6.07, 6.45) is 0. The number of aromatic nitrogens is 1. The number of para-hydroxylation sites is 2. The van der Waals surface area contributed by atoms with Crippen molar-refractivity contribution < 1.29 is 13.2 Å². The number of nitrogens with zero attached hydrogens (tertiary/aromatic N) is 1. The molecule has 7 nitrogen and oxygen atoms in total. The van der Waals surface area contributed by atoms with Gasteiger partial charge in [-0.1, -0.05) is 23.5 Å². The van der Waals surface area contributed by atoms with E-state index in [-0.39, 0.29) is 15.2 Å². The van der Waals surface area contributed by atoms with Crippen molar-refractivity contribution in [3.63, 3.8) is 0 Å². The molecule has 0 spiro atoms. The summed E-state index contributed by atoms with van der Waals surface area (Å²) in [7, 11) is -3.81. The van der Waals surface area contributed by atoms with E-state index in [2.05, 4.69) is 15.0 Å². The highest BCUT2D eigenvalue weighted by molar-refractivity contribution is 7.94. The van der Waals surface area contributed by atoms with Gasteiger partial charge in [0.05, 0.1) is 17.1 Å². The van der Waals surface area contributed by atoms with Crippen LogP contribution in [0.1, 0.15) is 12.6 Å². The van der Waals surface area contributed by atoms with E-state index in [9.17, 15) is 13.2 Å². The van der Waals surface area contributed by atoms with Crippen LogP contribution >= 0.6 is 11.3 Å². The van der Waals surface area contributed by atoms with Gasteiger partial charge in [0.15, 0.2) is 9.34 Å². The van der Waals surface area contributed by atoms with Crippen molar-refractivity contribution >= 4 is 43.8 Å². The van der Waals surface area contributed by atoms with Crippen LogP contribution in [0.3, 0.4) is 0 Å². The average Bonchev–Trinajstić information content (AvgIpc) is 2.73. The molecule has 1 heterocycles. The molecule has 9 heteroatoms. The molecule has 0 aliphatic heterocycles. The first kappa shape index (κ1) is 15.3. The fraction of sp³-hybridized carbons (Fsp3) is 0.167. The number of rotatable bonds is 4. The van der Waals surface area contributed by atoms with Gasteiger partial charge in [0.25, 0.3) is 10.0 Å². The van der Waals surface area contributed by atoms with Crippen LogP contribution in [0.15, 0.2) is 28.5 Å². The molecule has 0 atom stereocenters. The maximum absolute atomic E-state index is 12.4. The van der Waals surface area contributed by atoms with Crippen LogP contribution in [0.2, 0.25) is 0 Å². The quantitative estimate of drug-likeness (QED) is 0.741. The van der Waals surface area contributed by atoms with Gasteiger partial charge in [0.2, 0.25) is 5.91 Å². The molecule has 21 heavy (non-hydrogen) atoms. The molecule has 0 unspecified atom stereocenters. The van der Waals surface area contributed by atoms with Gasteiger partial charge < -0.3 is 11.1 Å². The summed E-state index contributed by atoms with van der Waals surface area (Å²) >= 11 is 0.886. The molecule has 2 aromatic rings. The van der Waals surface area contributed by atoms with Crippen LogP contribution in [0.5, 0.6) is 0 Å². The molecule has 0 radical (unpaired) electrons. The minimum absolute atomic E-state index is 0.0366. The molecular formula is C12H14N4O3S2. The minimum atomic E-state index is -3.81. The molecule has 0 fully saturated rings. The van der Waals surface area contributed by atoms with Gasteiger partial charge in [-0.2, -0.15) is 0 Å². The van der Waals surface area contributed by atoms with Gasteiger partial charge in [-0.15, -0.1) is 0 Å². The lowest BCUT2D eigenvalue weighted by Crippen LogP contribution is -2.13. The number of sulfonamides is 1. The van der Waals surface area contributed by atoms with Crippen LogP contribution < -0.4 is 15.8 Å². The van der Waals surface area contributed by atoms with Crippen LogP contribution in [-0.2, 0) is 14.8 Å². The van der Waals surface area contributed by atoms with Gasteiger partial charge in [-0.25, -0.2) is 13.4 Å². The van der Waals surface area contributed by atoms with Gasteiger partial charge in [-0.3, -0.25) is 9.52 Å². The van der Waals surface area contributed by atoms with E-state index in [0.717, 1.165) is 11.3 Å². The summed E-state index contributed by atoms with van der Waals surface area (Å²) in [6.45, 7) is 2.89. The van der Waals surface area contributed by atoms with E-state index in [1.54, 1.807) is 31.2 Å². The van der Waals surface area contributed by atoms with E-state index in [4.69, 9.17) is 5.73 Å². The van der Waals surface area contributed by atoms with Crippen molar-refractivity contribution in [2.75, 3.05) is 15.8 Å². The summed E-state index contributed by atoms with van der Waals surface area (Å²) < 4.78 is 27.2. The maximum Gasteiger partial charge on any atom is 0.273 e. The van der Waals surface area contributed by atoms with Crippen LogP contribution in [0, 0.1) is 6.92 Å². The highest BCUT2D eigenvalue weighted by Crippen LogP contribution is 2.30. The van der Waals surface area contributed by atoms with E-state index in [0.29, 0.717) is 17.1 Å². The summed E-state index contributed by atoms with van der Waals surface area (Å²) in [5.41, 5.74) is 6.65. The Morgan fingerprint density at radius 2 is 2.00 bits per heavy atom. The third-order valence-corrected chi connectivity index (χ3v) is 5.53. The zero-order chi connectivity index (χ0) is 15.6. The number of carbonyl (C=O) groups is 1. The monoisotopic (exact) mass is 326 g/mol. The lowest BCUT2D eigenvalue weighted by molar-refractivity contribution is -0.114. The van der Waals surface area contributed by atoms with Gasteiger partial charge in [0, 0.05) is 6.92 Å². The number of amides is 1. The maximum atomic E-state index is 12.4. The Kier molecular flexibility index (Phi) is 4.14. The van der Waals surface area contributed by atoms with Crippen molar-refractivity contribution in [3.8, 4) is 0 Å². The van der Waals surface area contributed by atoms with Gasteiger partial charge in [0.1, 0.15) is 0 Å². The summed E-state index contributed by atoms with van der Waals surface area (Å²) in [6, 6.07) is 6.55. The summed E-state index contributed by atoms with van der Waals surface area (Å²) in [5, 5.41) is 2.70. The predicted molar refractivity (Wildman–Crippen MR) is 82.8 cm³/mol. The molecule has 0 saturated carbocycles. The Balaban J connectivity index is 2.34. The highest BCUT2D eigenvalue weighted by atomic mass is 32.2. The molecule has 0 aliphatic carbocycles. The van der Waals surface area contributed by atoms with Crippen LogP contribution in [-0.4, -0.2) is 19.3 Å². The second-order valence-electron chi connectivity index (χ2n) is 4.27. The Hall–Kier alpha value is -2.13. The van der Waals surface area contributed by atoms with Gasteiger partial charge in [-0.05, 0) is 19.1 Å². The summed E-state index contributed by atoms with van der Waals surface area (Å²) in [4.78, 5) is 15.0. The second-order valence-corrected chi connectivity index (χ2v) is 7.14. The third kappa shape index (κ3) is 3.50. The minimum Gasteiger partial charge on any atom is -0.397 e. The molecule has 0 bridgehead atoms. The number of benzene rings is 1. The zero-order valence-corrected chi connectivity index (χ0v) is 13.0.